The first kappa shape index (κ1) is 14.8. The molecule has 108 valence electrons. The number of anilines is 1. The van der Waals surface area contributed by atoms with Gasteiger partial charge in [-0.1, -0.05) is 18.7 Å². The number of thiazole rings is 1. The van der Waals surface area contributed by atoms with Crippen LogP contribution in [0.25, 0.3) is 0 Å². The molecule has 2 aromatic heterocycles. The van der Waals surface area contributed by atoms with Gasteiger partial charge in [-0.2, -0.15) is 0 Å². The van der Waals surface area contributed by atoms with Crippen LogP contribution in [-0.2, 0) is 11.3 Å². The molecule has 0 saturated heterocycles. The smallest absolute Gasteiger partial charge is 0.301 e. The van der Waals surface area contributed by atoms with Crippen molar-refractivity contribution in [1.82, 2.24) is 19.7 Å². The summed E-state index contributed by atoms with van der Waals surface area (Å²) in [6.07, 6.45) is 0.831. The van der Waals surface area contributed by atoms with E-state index in [-0.39, 0.29) is 17.3 Å². The summed E-state index contributed by atoms with van der Waals surface area (Å²) in [5, 5.41) is 12.0. The normalized spacial score (nSPS) is 10.7. The van der Waals surface area contributed by atoms with Crippen molar-refractivity contribution in [3.05, 3.63) is 21.6 Å². The first-order chi connectivity index (χ1) is 9.60. The Morgan fingerprint density at radius 3 is 3.05 bits per heavy atom. The molecule has 2 heterocycles. The molecule has 2 aromatic rings. The summed E-state index contributed by atoms with van der Waals surface area (Å²) in [5.74, 6) is 0.0231. The van der Waals surface area contributed by atoms with Crippen molar-refractivity contribution >= 4 is 34.1 Å². The van der Waals surface area contributed by atoms with E-state index in [1.807, 2.05) is 19.2 Å². The Labute approximate surface area is 123 Å². The third-order valence-corrected chi connectivity index (χ3v) is 4.22. The molecule has 0 aliphatic heterocycles. The number of hydrogen-bond acceptors (Lipinski definition) is 6. The van der Waals surface area contributed by atoms with E-state index in [1.54, 1.807) is 0 Å². The maximum absolute atomic E-state index is 11.8. The summed E-state index contributed by atoms with van der Waals surface area (Å²) < 4.78 is 1.53. The number of carbonyl (C=O) groups excluding carboxylic acids is 1. The molecule has 2 rings (SSSR count). The van der Waals surface area contributed by atoms with Crippen LogP contribution in [0.4, 0.5) is 5.13 Å². The van der Waals surface area contributed by atoms with Gasteiger partial charge in [0.25, 0.3) is 0 Å². The first-order valence-corrected chi connectivity index (χ1v) is 7.96. The maximum atomic E-state index is 11.8. The van der Waals surface area contributed by atoms with Gasteiger partial charge in [-0.15, -0.1) is 16.4 Å². The molecule has 20 heavy (non-hydrogen) atoms. The van der Waals surface area contributed by atoms with Crippen molar-refractivity contribution in [1.29, 1.82) is 0 Å². The molecule has 9 heteroatoms. The van der Waals surface area contributed by atoms with Gasteiger partial charge in [-0.05, 0) is 13.3 Å². The zero-order valence-electron chi connectivity index (χ0n) is 11.2. The van der Waals surface area contributed by atoms with E-state index in [9.17, 15) is 9.59 Å². The summed E-state index contributed by atoms with van der Waals surface area (Å²) in [7, 11) is 0. The average Bonchev–Trinajstić information content (AvgIpc) is 2.96. The fourth-order valence-electron chi connectivity index (χ4n) is 1.53. The summed E-state index contributed by atoms with van der Waals surface area (Å²) in [6.45, 7) is 4.43. The Morgan fingerprint density at radius 2 is 2.40 bits per heavy atom. The Balaban J connectivity index is 1.91. The molecular formula is C11H15N5O2S2. The molecule has 0 atom stereocenters. The number of aryl methyl sites for hydroxylation is 1. The molecule has 0 spiro atoms. The highest BCUT2D eigenvalue weighted by Crippen LogP contribution is 2.17. The number of thioether (sulfide) groups is 1. The van der Waals surface area contributed by atoms with Gasteiger partial charge >= 0.3 is 5.69 Å². The second-order valence-corrected chi connectivity index (χ2v) is 5.89. The minimum absolute atomic E-state index is 0.164. The van der Waals surface area contributed by atoms with Crippen molar-refractivity contribution in [2.24, 2.45) is 0 Å². The highest BCUT2D eigenvalue weighted by Gasteiger charge is 2.11. The number of rotatable bonds is 6. The second-order valence-electron chi connectivity index (χ2n) is 4.09. The van der Waals surface area contributed by atoms with E-state index in [2.05, 4.69) is 20.5 Å². The molecule has 0 bridgehead atoms. The van der Waals surface area contributed by atoms with Crippen LogP contribution in [0.3, 0.4) is 0 Å². The summed E-state index contributed by atoms with van der Waals surface area (Å²) in [5.41, 5.74) is 0.632. The second kappa shape index (κ2) is 6.71. The van der Waals surface area contributed by atoms with Gasteiger partial charge in [-0.3, -0.25) is 9.36 Å². The molecule has 1 amide bonds. The van der Waals surface area contributed by atoms with E-state index in [4.69, 9.17) is 0 Å². The molecule has 0 aliphatic rings. The number of amides is 1. The third-order valence-electron chi connectivity index (χ3n) is 2.37. The SMILES string of the molecule is CCCn1c(SCC(=O)Nc2nc(C)cs2)n[nH]c1=O. The minimum atomic E-state index is -0.245. The predicted molar refractivity (Wildman–Crippen MR) is 79.3 cm³/mol. The molecule has 0 fully saturated rings. The third kappa shape index (κ3) is 3.70. The predicted octanol–water partition coefficient (Wildman–Crippen LogP) is 1.48. The fraction of sp³-hybridized carbons (Fsp3) is 0.455. The lowest BCUT2D eigenvalue weighted by Crippen LogP contribution is -2.18. The van der Waals surface area contributed by atoms with Crippen LogP contribution in [0, 0.1) is 6.92 Å². The Bertz CT molecular complexity index is 645. The average molecular weight is 313 g/mol. The monoisotopic (exact) mass is 313 g/mol. The van der Waals surface area contributed by atoms with Crippen molar-refractivity contribution in [2.75, 3.05) is 11.1 Å². The van der Waals surface area contributed by atoms with E-state index in [1.165, 1.54) is 27.7 Å². The zero-order chi connectivity index (χ0) is 14.5. The molecule has 0 unspecified atom stereocenters. The van der Waals surface area contributed by atoms with Gasteiger partial charge in [0, 0.05) is 11.9 Å². The van der Waals surface area contributed by atoms with Crippen molar-refractivity contribution in [3.63, 3.8) is 0 Å². The van der Waals surface area contributed by atoms with Gasteiger partial charge in [0.15, 0.2) is 10.3 Å². The number of nitrogens with one attached hydrogen (secondary N) is 2. The summed E-state index contributed by atoms with van der Waals surface area (Å²) in [6, 6.07) is 0. The lowest BCUT2D eigenvalue weighted by atomic mass is 10.5. The Hall–Kier alpha value is -1.61. The number of carbonyl (C=O) groups is 1. The van der Waals surface area contributed by atoms with Gasteiger partial charge in [0.1, 0.15) is 0 Å². The van der Waals surface area contributed by atoms with Gasteiger partial charge in [0.2, 0.25) is 5.91 Å². The molecule has 2 N–H and O–H groups in total. The topological polar surface area (TPSA) is 92.7 Å². The van der Waals surface area contributed by atoms with E-state index < -0.39 is 0 Å². The highest BCUT2D eigenvalue weighted by molar-refractivity contribution is 7.99. The first-order valence-electron chi connectivity index (χ1n) is 6.10. The molecular weight excluding hydrogens is 298 g/mol. The number of H-pyrrole nitrogens is 1. The summed E-state index contributed by atoms with van der Waals surface area (Å²) in [4.78, 5) is 27.4. The molecule has 7 nitrogen and oxygen atoms in total. The van der Waals surface area contributed by atoms with E-state index in [0.29, 0.717) is 16.8 Å². The van der Waals surface area contributed by atoms with Crippen LogP contribution >= 0.6 is 23.1 Å². The zero-order valence-corrected chi connectivity index (χ0v) is 12.8. The standard InChI is InChI=1S/C11H15N5O2S2/c1-3-4-16-10(18)14-15-11(16)20-6-8(17)13-9-12-7(2)5-19-9/h5H,3-4,6H2,1-2H3,(H,14,18)(H,12,13,17). The highest BCUT2D eigenvalue weighted by atomic mass is 32.2. The van der Waals surface area contributed by atoms with Crippen LogP contribution in [0.5, 0.6) is 0 Å². The number of aromatic amines is 1. The Morgan fingerprint density at radius 1 is 1.60 bits per heavy atom. The molecule has 0 saturated carbocycles. The van der Waals surface area contributed by atoms with Crippen LogP contribution in [0.2, 0.25) is 0 Å². The maximum Gasteiger partial charge on any atom is 0.343 e. The van der Waals surface area contributed by atoms with Gasteiger partial charge < -0.3 is 5.32 Å². The number of hydrogen-bond donors (Lipinski definition) is 2. The largest absolute Gasteiger partial charge is 0.343 e. The van der Waals surface area contributed by atoms with Crippen molar-refractivity contribution in [3.8, 4) is 0 Å². The summed E-state index contributed by atoms with van der Waals surface area (Å²) >= 11 is 2.61. The van der Waals surface area contributed by atoms with Crippen LogP contribution < -0.4 is 11.0 Å². The Kier molecular flexibility index (Phi) is 4.96. The van der Waals surface area contributed by atoms with E-state index >= 15 is 0 Å². The van der Waals surface area contributed by atoms with Crippen molar-refractivity contribution in [2.45, 2.75) is 32.0 Å². The van der Waals surface area contributed by atoms with Crippen LogP contribution in [0.15, 0.2) is 15.3 Å². The molecule has 0 aliphatic carbocycles. The van der Waals surface area contributed by atoms with Gasteiger partial charge in [-0.25, -0.2) is 14.9 Å². The lowest BCUT2D eigenvalue weighted by Gasteiger charge is -2.03. The lowest BCUT2D eigenvalue weighted by molar-refractivity contribution is -0.113. The van der Waals surface area contributed by atoms with E-state index in [0.717, 1.165) is 12.1 Å². The molecule has 0 aromatic carbocycles. The van der Waals surface area contributed by atoms with Gasteiger partial charge in [0.05, 0.1) is 11.4 Å². The quantitative estimate of drug-likeness (QED) is 0.788. The van der Waals surface area contributed by atoms with Crippen LogP contribution in [-0.4, -0.2) is 31.4 Å². The fourth-order valence-corrected chi connectivity index (χ4v) is 3.01. The minimum Gasteiger partial charge on any atom is -0.301 e. The van der Waals surface area contributed by atoms with Crippen LogP contribution in [0.1, 0.15) is 19.0 Å². The number of aromatic nitrogens is 4. The van der Waals surface area contributed by atoms with Crippen molar-refractivity contribution < 1.29 is 4.79 Å². The molecule has 0 radical (unpaired) electrons. The number of nitrogens with zero attached hydrogens (tertiary/aromatic N) is 3.